The van der Waals surface area contributed by atoms with Crippen LogP contribution in [0.3, 0.4) is 0 Å². The summed E-state index contributed by atoms with van der Waals surface area (Å²) in [5, 5.41) is 2.98. The molecule has 0 bridgehead atoms. The third-order valence-corrected chi connectivity index (χ3v) is 5.97. The predicted octanol–water partition coefficient (Wildman–Crippen LogP) is 4.09. The lowest BCUT2D eigenvalue weighted by atomic mass is 9.83. The summed E-state index contributed by atoms with van der Waals surface area (Å²) in [7, 11) is 0. The van der Waals surface area contributed by atoms with E-state index in [4.69, 9.17) is 0 Å². The van der Waals surface area contributed by atoms with Gasteiger partial charge in [-0.3, -0.25) is 14.6 Å². The number of nitrogens with one attached hydrogen (secondary N) is 1. The first-order valence-corrected chi connectivity index (χ1v) is 10.8. The van der Waals surface area contributed by atoms with Gasteiger partial charge in [0, 0.05) is 43.5 Å². The van der Waals surface area contributed by atoms with Crippen LogP contribution >= 0.6 is 0 Å². The number of carbonyl (C=O) groups is 2. The number of halogens is 1. The molecule has 32 heavy (non-hydrogen) atoms. The number of pyridine rings is 1. The summed E-state index contributed by atoms with van der Waals surface area (Å²) in [4.78, 5) is 32.0. The summed E-state index contributed by atoms with van der Waals surface area (Å²) in [5.41, 5.74) is 3.02. The second kappa shape index (κ2) is 9.73. The van der Waals surface area contributed by atoms with E-state index in [0.717, 1.165) is 11.1 Å². The van der Waals surface area contributed by atoms with E-state index in [1.165, 1.54) is 6.07 Å². The van der Waals surface area contributed by atoms with E-state index in [9.17, 15) is 14.0 Å². The van der Waals surface area contributed by atoms with Crippen molar-refractivity contribution >= 4 is 11.8 Å². The zero-order chi connectivity index (χ0) is 22.5. The molecule has 2 unspecified atom stereocenters. The average molecular weight is 432 g/mol. The molecular weight excluding hydrogens is 405 g/mol. The maximum atomic E-state index is 13.8. The van der Waals surface area contributed by atoms with Crippen molar-refractivity contribution in [3.63, 3.8) is 0 Å². The molecule has 0 spiro atoms. The van der Waals surface area contributed by atoms with E-state index in [1.54, 1.807) is 42.4 Å². The van der Waals surface area contributed by atoms with E-state index in [0.29, 0.717) is 37.2 Å². The van der Waals surface area contributed by atoms with Gasteiger partial charge >= 0.3 is 0 Å². The third-order valence-electron chi connectivity index (χ3n) is 5.97. The second-order valence-corrected chi connectivity index (χ2v) is 8.29. The highest BCUT2D eigenvalue weighted by Gasteiger charge is 2.35. The van der Waals surface area contributed by atoms with Crippen molar-refractivity contribution in [2.75, 3.05) is 13.1 Å². The van der Waals surface area contributed by atoms with Crippen LogP contribution in [0.25, 0.3) is 0 Å². The number of rotatable bonds is 5. The molecule has 164 valence electrons. The minimum atomic E-state index is -0.358. The van der Waals surface area contributed by atoms with Gasteiger partial charge in [0.1, 0.15) is 5.82 Å². The van der Waals surface area contributed by atoms with Crippen LogP contribution in [0.5, 0.6) is 0 Å². The summed E-state index contributed by atoms with van der Waals surface area (Å²) in [6.07, 6.45) is 4.01. The molecule has 1 saturated heterocycles. The van der Waals surface area contributed by atoms with Crippen molar-refractivity contribution in [1.29, 1.82) is 0 Å². The fraction of sp³-hybridized carbons (Fsp3) is 0.269. The normalized spacial score (nSPS) is 18.2. The van der Waals surface area contributed by atoms with Crippen LogP contribution in [0.1, 0.15) is 39.4 Å². The molecule has 1 fully saturated rings. The second-order valence-electron chi connectivity index (χ2n) is 8.29. The Hall–Kier alpha value is -3.54. The molecule has 2 heterocycles. The van der Waals surface area contributed by atoms with Crippen molar-refractivity contribution in [3.05, 3.63) is 101 Å². The molecule has 1 aliphatic rings. The maximum absolute atomic E-state index is 13.8. The first kappa shape index (κ1) is 21.7. The summed E-state index contributed by atoms with van der Waals surface area (Å²) >= 11 is 0. The monoisotopic (exact) mass is 431 g/mol. The van der Waals surface area contributed by atoms with Gasteiger partial charge in [-0.2, -0.15) is 0 Å². The highest BCUT2D eigenvalue weighted by Crippen LogP contribution is 2.32. The SMILES string of the molecule is Cc1cc(C2CC(C(=O)NCc3cccnc3)CN(C(=O)c3ccccc3)C2)ccc1F. The molecule has 2 aromatic carbocycles. The lowest BCUT2D eigenvalue weighted by Crippen LogP contribution is -2.48. The molecule has 1 aliphatic heterocycles. The molecule has 5 nitrogen and oxygen atoms in total. The van der Waals surface area contributed by atoms with Gasteiger partial charge in [-0.05, 0) is 54.3 Å². The van der Waals surface area contributed by atoms with Crippen LogP contribution in [-0.2, 0) is 11.3 Å². The molecule has 2 amide bonds. The van der Waals surface area contributed by atoms with E-state index in [1.807, 2.05) is 36.4 Å². The summed E-state index contributed by atoms with van der Waals surface area (Å²) < 4.78 is 13.8. The van der Waals surface area contributed by atoms with Crippen LogP contribution in [0, 0.1) is 18.7 Å². The summed E-state index contributed by atoms with van der Waals surface area (Å²) in [6, 6.07) is 17.9. The van der Waals surface area contributed by atoms with Crippen molar-refractivity contribution in [3.8, 4) is 0 Å². The molecule has 1 N–H and O–H groups in total. The lowest BCUT2D eigenvalue weighted by molar-refractivity contribution is -0.126. The largest absolute Gasteiger partial charge is 0.352 e. The molecule has 0 aliphatic carbocycles. The van der Waals surface area contributed by atoms with Gasteiger partial charge < -0.3 is 10.2 Å². The number of carbonyl (C=O) groups excluding carboxylic acids is 2. The molecule has 0 radical (unpaired) electrons. The number of hydrogen-bond acceptors (Lipinski definition) is 3. The van der Waals surface area contributed by atoms with Gasteiger partial charge in [0.2, 0.25) is 5.91 Å². The first-order chi connectivity index (χ1) is 15.5. The maximum Gasteiger partial charge on any atom is 0.253 e. The van der Waals surface area contributed by atoms with E-state index >= 15 is 0 Å². The molecule has 1 aromatic heterocycles. The molecule has 6 heteroatoms. The van der Waals surface area contributed by atoms with Crippen LogP contribution in [-0.4, -0.2) is 34.8 Å². The lowest BCUT2D eigenvalue weighted by Gasteiger charge is -2.37. The van der Waals surface area contributed by atoms with E-state index in [-0.39, 0.29) is 29.5 Å². The summed E-state index contributed by atoms with van der Waals surface area (Å²) in [5.74, 6) is -0.858. The number of amides is 2. The number of piperidine rings is 1. The number of aromatic nitrogens is 1. The molecule has 3 aromatic rings. The Morgan fingerprint density at radius 2 is 1.91 bits per heavy atom. The van der Waals surface area contributed by atoms with Crippen molar-refractivity contribution < 1.29 is 14.0 Å². The van der Waals surface area contributed by atoms with Crippen molar-refractivity contribution in [2.24, 2.45) is 5.92 Å². The number of nitrogens with zero attached hydrogens (tertiary/aromatic N) is 2. The Bertz CT molecular complexity index is 1090. The predicted molar refractivity (Wildman–Crippen MR) is 120 cm³/mol. The number of aryl methyl sites for hydroxylation is 1. The Morgan fingerprint density at radius 1 is 1.09 bits per heavy atom. The number of likely N-dealkylation sites (tertiary alicyclic amines) is 1. The highest BCUT2D eigenvalue weighted by atomic mass is 19.1. The quantitative estimate of drug-likeness (QED) is 0.662. The number of benzene rings is 2. The third kappa shape index (κ3) is 5.02. The van der Waals surface area contributed by atoms with Crippen LogP contribution in [0.4, 0.5) is 4.39 Å². The van der Waals surface area contributed by atoms with Gasteiger partial charge in [-0.15, -0.1) is 0 Å². The van der Waals surface area contributed by atoms with Crippen LogP contribution in [0.2, 0.25) is 0 Å². The Balaban J connectivity index is 1.55. The fourth-order valence-corrected chi connectivity index (χ4v) is 4.22. The number of hydrogen-bond donors (Lipinski definition) is 1. The highest BCUT2D eigenvalue weighted by molar-refractivity contribution is 5.94. The van der Waals surface area contributed by atoms with E-state index < -0.39 is 0 Å². The average Bonchev–Trinajstić information content (AvgIpc) is 2.84. The van der Waals surface area contributed by atoms with E-state index in [2.05, 4.69) is 10.3 Å². The van der Waals surface area contributed by atoms with Gasteiger partial charge in [-0.25, -0.2) is 4.39 Å². The Morgan fingerprint density at radius 3 is 2.62 bits per heavy atom. The first-order valence-electron chi connectivity index (χ1n) is 10.8. The standard InChI is InChI=1S/C26H26FN3O2/c1-18-12-21(9-10-24(18)27)22-13-23(25(31)29-15-19-6-5-11-28-14-19)17-30(16-22)26(32)20-7-3-2-4-8-20/h2-12,14,22-23H,13,15-17H2,1H3,(H,29,31). The van der Waals surface area contributed by atoms with Crippen LogP contribution in [0.15, 0.2) is 73.1 Å². The fourth-order valence-electron chi connectivity index (χ4n) is 4.22. The topological polar surface area (TPSA) is 62.3 Å². The zero-order valence-corrected chi connectivity index (χ0v) is 18.0. The Labute approximate surface area is 187 Å². The van der Waals surface area contributed by atoms with Crippen molar-refractivity contribution in [2.45, 2.75) is 25.8 Å². The zero-order valence-electron chi connectivity index (χ0n) is 18.0. The van der Waals surface area contributed by atoms with Crippen molar-refractivity contribution in [1.82, 2.24) is 15.2 Å². The summed E-state index contributed by atoms with van der Waals surface area (Å²) in [6.45, 7) is 2.96. The smallest absolute Gasteiger partial charge is 0.253 e. The molecule has 2 atom stereocenters. The van der Waals surface area contributed by atoms with Gasteiger partial charge in [0.15, 0.2) is 0 Å². The molecule has 0 saturated carbocycles. The molecular formula is C26H26FN3O2. The van der Waals surface area contributed by atoms with Gasteiger partial charge in [0.05, 0.1) is 5.92 Å². The minimum absolute atomic E-state index is 0.0511. The van der Waals surface area contributed by atoms with Gasteiger partial charge in [-0.1, -0.05) is 36.4 Å². The van der Waals surface area contributed by atoms with Crippen LogP contribution < -0.4 is 5.32 Å². The minimum Gasteiger partial charge on any atom is -0.352 e. The van der Waals surface area contributed by atoms with Gasteiger partial charge in [0.25, 0.3) is 5.91 Å². The Kier molecular flexibility index (Phi) is 6.59. The molecule has 4 rings (SSSR count).